The number of aliphatic hydroxyl groups is 9. The maximum atomic E-state index is 13.7. The molecule has 55 heavy (non-hydrogen) atoms. The molecule has 5 aliphatic rings. The van der Waals surface area contributed by atoms with Crippen molar-refractivity contribution in [1.29, 1.82) is 0 Å². The zero-order chi connectivity index (χ0) is 40.1. The lowest BCUT2D eigenvalue weighted by Gasteiger charge is -2.47. The molecule has 0 aromatic heterocycles. The predicted octanol–water partition coefficient (Wildman–Crippen LogP) is -4.34. The quantitative estimate of drug-likeness (QED) is 0.111. The largest absolute Gasteiger partial charge is 0.508 e. The van der Waals surface area contributed by atoms with Gasteiger partial charge in [-0.1, -0.05) is 6.92 Å². The van der Waals surface area contributed by atoms with E-state index in [1.54, 1.807) is 6.92 Å². The van der Waals surface area contributed by atoms with Gasteiger partial charge in [-0.05, 0) is 37.1 Å². The first-order valence-corrected chi connectivity index (χ1v) is 18.1. The number of benzene rings is 1. The molecule has 0 bridgehead atoms. The average molecular weight is 788 g/mol. The van der Waals surface area contributed by atoms with Gasteiger partial charge in [0.25, 0.3) is 0 Å². The lowest BCUT2D eigenvalue weighted by Crippen LogP contribution is -2.67. The van der Waals surface area contributed by atoms with Crippen LogP contribution in [-0.2, 0) is 38.0 Å². The lowest BCUT2D eigenvalue weighted by atomic mass is 9.71. The highest BCUT2D eigenvalue weighted by Crippen LogP contribution is 2.52. The Morgan fingerprint density at radius 1 is 0.909 bits per heavy atom. The van der Waals surface area contributed by atoms with E-state index < -0.39 is 146 Å². The van der Waals surface area contributed by atoms with E-state index in [1.165, 1.54) is 24.3 Å². The number of rotatable bonds is 8. The number of phenolic OH excluding ortho intramolecular Hbond substituents is 1. The van der Waals surface area contributed by atoms with E-state index in [9.17, 15) is 65.4 Å². The third kappa shape index (κ3) is 7.81. The van der Waals surface area contributed by atoms with Crippen molar-refractivity contribution in [1.82, 2.24) is 5.32 Å². The topological polar surface area (TPSA) is 321 Å². The third-order valence-electron chi connectivity index (χ3n) is 11.4. The van der Waals surface area contributed by atoms with Gasteiger partial charge in [-0.15, -0.1) is 0 Å². The molecule has 3 aliphatic heterocycles. The number of aliphatic hydroxyl groups excluding tert-OH is 8. The number of aromatic hydroxyl groups is 1. The minimum atomic E-state index is -2.35. The standard InChI is InChI=1S/C35H49NO19/c1-13-12-50-34(10-20(13)52-30(46)15-3-5-17(39)6-4-15)33(48)35(49)22(41)7-16(8-23(35)55-34)31(47)51-19-9-18(40)25(42)28(45)29(19)54-32-24(36-14(2)38)27(44)26(43)21(11-37)53-32/h3-6,13,16,18-29,32-33,37,39-45,48-49H,7-12H2,1-2H3,(H,36,38)/t13-,16+,18+,19-,20+,21-,22+,23-,24-,25-,26-,27-,28+,29+,32+,33+,34+,35-/m1/s1. The fraction of sp³-hybridized carbons (Fsp3) is 0.743. The van der Waals surface area contributed by atoms with Crippen molar-refractivity contribution in [2.75, 3.05) is 13.2 Å². The van der Waals surface area contributed by atoms with Crippen LogP contribution in [0.5, 0.6) is 5.75 Å². The Labute approximate surface area is 314 Å². The van der Waals surface area contributed by atoms with Gasteiger partial charge in [0.05, 0.1) is 43.0 Å². The van der Waals surface area contributed by atoms with E-state index >= 15 is 0 Å². The molecule has 1 spiro atoms. The van der Waals surface area contributed by atoms with Gasteiger partial charge in [-0.2, -0.15) is 0 Å². The van der Waals surface area contributed by atoms with Gasteiger partial charge in [0.1, 0.15) is 72.3 Å². The van der Waals surface area contributed by atoms with Crippen LogP contribution in [0.3, 0.4) is 0 Å². The molecule has 308 valence electrons. The second-order valence-electron chi connectivity index (χ2n) is 15.2. The summed E-state index contributed by atoms with van der Waals surface area (Å²) < 4.78 is 34.9. The fourth-order valence-electron chi connectivity index (χ4n) is 8.14. The maximum absolute atomic E-state index is 13.7. The molecule has 18 atom stereocenters. The second-order valence-corrected chi connectivity index (χ2v) is 15.2. The Morgan fingerprint density at radius 2 is 1.60 bits per heavy atom. The van der Waals surface area contributed by atoms with E-state index in [0.717, 1.165) is 6.92 Å². The number of fused-ring (bicyclic) bond motifs is 1. The number of ether oxygens (including phenoxy) is 6. The molecule has 0 unspecified atom stereocenters. The molecule has 11 N–H and O–H groups in total. The number of carbonyl (C=O) groups is 3. The smallest absolute Gasteiger partial charge is 0.338 e. The van der Waals surface area contributed by atoms with Gasteiger partial charge >= 0.3 is 11.9 Å². The summed E-state index contributed by atoms with van der Waals surface area (Å²) in [5.74, 6) is -6.04. The van der Waals surface area contributed by atoms with Gasteiger partial charge in [0.15, 0.2) is 6.29 Å². The van der Waals surface area contributed by atoms with Crippen LogP contribution in [0.25, 0.3) is 0 Å². The molecule has 1 aromatic rings. The SMILES string of the molecule is CC(=O)N[C@H]1[C@H](O[C@@H]2[C@@H](O)[C@H](O)[C@@H](O)C[C@H]2OC(=O)[C@H]2C[C@H](O)[C@@]3(O)[C@@H](C2)O[C@@]2(C[C@H](OC(=O)c4ccc(O)cc4)[C@H](C)CO2)[C@@H]3O)O[C@H](CO)[C@@H](O)[C@@H]1O. The minimum absolute atomic E-state index is 0.0556. The summed E-state index contributed by atoms with van der Waals surface area (Å²) in [5.41, 5.74) is -2.20. The Bertz CT molecular complexity index is 1550. The molecule has 6 rings (SSSR count). The molecule has 3 saturated heterocycles. The van der Waals surface area contributed by atoms with E-state index in [0.29, 0.717) is 0 Å². The van der Waals surface area contributed by atoms with Crippen LogP contribution in [0.1, 0.15) is 49.9 Å². The third-order valence-corrected chi connectivity index (χ3v) is 11.4. The number of hydrogen-bond acceptors (Lipinski definition) is 19. The van der Waals surface area contributed by atoms with Crippen LogP contribution in [0, 0.1) is 11.8 Å². The van der Waals surface area contributed by atoms with E-state index in [2.05, 4.69) is 5.32 Å². The Kier molecular flexibility index (Phi) is 12.1. The Hall–Kier alpha value is -3.09. The number of carbonyl (C=O) groups excluding carboxylic acids is 3. The Morgan fingerprint density at radius 3 is 2.25 bits per heavy atom. The average Bonchev–Trinajstić information content (AvgIpc) is 3.35. The summed E-state index contributed by atoms with van der Waals surface area (Å²) in [6, 6.07) is 3.89. The van der Waals surface area contributed by atoms with Crippen molar-refractivity contribution < 1.29 is 93.9 Å². The number of amides is 1. The molecule has 3 heterocycles. The molecule has 2 aliphatic carbocycles. The summed E-state index contributed by atoms with van der Waals surface area (Å²) in [7, 11) is 0. The normalized spacial score (nSPS) is 45.7. The first kappa shape index (κ1) is 41.5. The van der Waals surface area contributed by atoms with Gasteiger partial charge in [-0.3, -0.25) is 9.59 Å². The number of hydrogen-bond donors (Lipinski definition) is 11. The number of nitrogens with one attached hydrogen (secondary N) is 1. The summed E-state index contributed by atoms with van der Waals surface area (Å²) in [6.07, 6.45) is -22.6. The summed E-state index contributed by atoms with van der Waals surface area (Å²) in [4.78, 5) is 38.6. The van der Waals surface area contributed by atoms with Crippen LogP contribution < -0.4 is 5.32 Å². The van der Waals surface area contributed by atoms with Crippen molar-refractivity contribution in [2.45, 2.75) is 136 Å². The van der Waals surface area contributed by atoms with Crippen molar-refractivity contribution in [3.8, 4) is 5.75 Å². The van der Waals surface area contributed by atoms with Gasteiger partial charge in [0.2, 0.25) is 11.7 Å². The van der Waals surface area contributed by atoms with Crippen molar-refractivity contribution in [2.24, 2.45) is 11.8 Å². The highest BCUT2D eigenvalue weighted by molar-refractivity contribution is 5.89. The van der Waals surface area contributed by atoms with Crippen LogP contribution in [0.2, 0.25) is 0 Å². The minimum Gasteiger partial charge on any atom is -0.508 e. The highest BCUT2D eigenvalue weighted by atomic mass is 16.7. The first-order valence-electron chi connectivity index (χ1n) is 18.1. The Balaban J connectivity index is 1.17. The van der Waals surface area contributed by atoms with Crippen LogP contribution in [0.4, 0.5) is 0 Å². The molecule has 1 aromatic carbocycles. The summed E-state index contributed by atoms with van der Waals surface area (Å²) in [6.45, 7) is 1.97. The van der Waals surface area contributed by atoms with E-state index in [-0.39, 0.29) is 30.8 Å². The monoisotopic (exact) mass is 787 g/mol. The summed E-state index contributed by atoms with van der Waals surface area (Å²) in [5, 5.41) is 109. The molecule has 20 nitrogen and oxygen atoms in total. The second kappa shape index (κ2) is 16.0. The molecule has 5 fully saturated rings. The van der Waals surface area contributed by atoms with Crippen molar-refractivity contribution in [3.63, 3.8) is 0 Å². The van der Waals surface area contributed by atoms with E-state index in [4.69, 9.17) is 28.4 Å². The van der Waals surface area contributed by atoms with E-state index in [1.807, 2.05) is 0 Å². The van der Waals surface area contributed by atoms with Crippen molar-refractivity contribution in [3.05, 3.63) is 29.8 Å². The molecule has 0 radical (unpaired) electrons. The molecular weight excluding hydrogens is 738 g/mol. The zero-order valence-corrected chi connectivity index (χ0v) is 29.9. The number of phenols is 1. The van der Waals surface area contributed by atoms with Crippen molar-refractivity contribution >= 4 is 17.8 Å². The fourth-order valence-corrected chi connectivity index (χ4v) is 8.14. The van der Waals surface area contributed by atoms with Crippen LogP contribution >= 0.6 is 0 Å². The molecule has 20 heteroatoms. The summed E-state index contributed by atoms with van der Waals surface area (Å²) >= 11 is 0. The maximum Gasteiger partial charge on any atom is 0.338 e. The molecular formula is C35H49NO19. The first-order chi connectivity index (χ1) is 25.9. The number of esters is 2. The van der Waals surface area contributed by atoms with Crippen LogP contribution in [-0.4, -0.2) is 179 Å². The molecule has 2 saturated carbocycles. The lowest BCUT2D eigenvalue weighted by molar-refractivity contribution is -0.311. The van der Waals surface area contributed by atoms with Crippen LogP contribution in [0.15, 0.2) is 24.3 Å². The highest BCUT2D eigenvalue weighted by Gasteiger charge is 2.70. The zero-order valence-electron chi connectivity index (χ0n) is 29.9. The molecule has 1 amide bonds. The van der Waals surface area contributed by atoms with Gasteiger partial charge in [0, 0.05) is 25.7 Å². The van der Waals surface area contributed by atoms with Gasteiger partial charge < -0.3 is 84.8 Å². The van der Waals surface area contributed by atoms with Gasteiger partial charge in [-0.25, -0.2) is 4.79 Å². The predicted molar refractivity (Wildman–Crippen MR) is 177 cm³/mol.